The van der Waals surface area contributed by atoms with Crippen molar-refractivity contribution < 1.29 is 5.11 Å². The number of rotatable bonds is 6. The van der Waals surface area contributed by atoms with Crippen molar-refractivity contribution >= 4 is 34.2 Å². The number of phenolic OH excluding ortho intramolecular Hbond substituents is 1. The number of amidine groups is 1. The van der Waals surface area contributed by atoms with Crippen LogP contribution in [0.25, 0.3) is 0 Å². The Bertz CT molecular complexity index is 1150. The molecule has 0 saturated heterocycles. The van der Waals surface area contributed by atoms with Gasteiger partial charge in [-0.15, -0.1) is 0 Å². The second-order valence-corrected chi connectivity index (χ2v) is 8.77. The van der Waals surface area contributed by atoms with Gasteiger partial charge in [-0.05, 0) is 59.7 Å². The summed E-state index contributed by atoms with van der Waals surface area (Å²) in [6.45, 7) is 1.36. The van der Waals surface area contributed by atoms with E-state index in [1.807, 2.05) is 72.8 Å². The molecule has 0 aromatic heterocycles. The highest BCUT2D eigenvalue weighted by Crippen LogP contribution is 2.28. The molecule has 0 saturated carbocycles. The van der Waals surface area contributed by atoms with Gasteiger partial charge in [0.2, 0.25) is 0 Å². The summed E-state index contributed by atoms with van der Waals surface area (Å²) in [5.74, 6) is 0.261. The van der Waals surface area contributed by atoms with Crippen LogP contribution in [0, 0.1) is 0 Å². The third-order valence-corrected chi connectivity index (χ3v) is 6.09. The van der Waals surface area contributed by atoms with Gasteiger partial charge >= 0.3 is 0 Å². The number of benzene rings is 4. The topological polar surface area (TPSA) is 35.8 Å². The van der Waals surface area contributed by atoms with E-state index in [1.54, 1.807) is 23.9 Å². The van der Waals surface area contributed by atoms with Gasteiger partial charge in [-0.2, -0.15) is 0 Å². The number of nitrogens with zero attached hydrogens (tertiary/aromatic N) is 2. The van der Waals surface area contributed by atoms with E-state index in [-0.39, 0.29) is 5.75 Å². The van der Waals surface area contributed by atoms with Crippen molar-refractivity contribution in [3.63, 3.8) is 0 Å². The third-order valence-electron chi connectivity index (χ3n) is 4.80. The second-order valence-electron chi connectivity index (χ2n) is 7.29. The number of phenols is 1. The molecule has 0 heterocycles. The maximum Gasteiger partial charge on any atom is 0.169 e. The Balaban J connectivity index is 1.72. The monoisotopic (exact) mass is 458 g/mol. The summed E-state index contributed by atoms with van der Waals surface area (Å²) in [6.07, 6.45) is 0. The molecule has 0 bridgehead atoms. The molecule has 0 amide bonds. The first-order valence-corrected chi connectivity index (χ1v) is 11.5. The van der Waals surface area contributed by atoms with Gasteiger partial charge in [0, 0.05) is 23.0 Å². The van der Waals surface area contributed by atoms with E-state index in [0.29, 0.717) is 18.1 Å². The van der Waals surface area contributed by atoms with Crippen LogP contribution in [0.4, 0.5) is 5.69 Å². The molecule has 32 heavy (non-hydrogen) atoms. The largest absolute Gasteiger partial charge is 0.508 e. The summed E-state index contributed by atoms with van der Waals surface area (Å²) < 4.78 is 0. The predicted molar refractivity (Wildman–Crippen MR) is 135 cm³/mol. The van der Waals surface area contributed by atoms with Crippen molar-refractivity contribution in [2.24, 2.45) is 4.99 Å². The number of aliphatic imine (C=N–C) groups is 1. The molecule has 0 aliphatic rings. The van der Waals surface area contributed by atoms with Crippen LogP contribution in [0.2, 0.25) is 5.02 Å². The lowest BCUT2D eigenvalue weighted by Crippen LogP contribution is -2.28. The Hall–Kier alpha value is -3.21. The first kappa shape index (κ1) is 22.0. The maximum atomic E-state index is 9.70. The van der Waals surface area contributed by atoms with Crippen molar-refractivity contribution in [2.75, 3.05) is 0 Å². The fourth-order valence-corrected chi connectivity index (χ4v) is 4.21. The van der Waals surface area contributed by atoms with Gasteiger partial charge in [0.15, 0.2) is 5.17 Å². The van der Waals surface area contributed by atoms with Crippen LogP contribution in [0.5, 0.6) is 5.75 Å². The van der Waals surface area contributed by atoms with Gasteiger partial charge in [0.05, 0.1) is 5.69 Å². The number of thioether (sulfide) groups is 1. The SMILES string of the molecule is Oc1ccc(CN(Cc2ccccc2)C(=Nc2ccccc2)Sc2ccc(Cl)cc2)cc1. The van der Waals surface area contributed by atoms with Gasteiger partial charge in [-0.3, -0.25) is 0 Å². The number of hydrogen-bond donors (Lipinski definition) is 1. The molecule has 0 unspecified atom stereocenters. The number of hydrogen-bond acceptors (Lipinski definition) is 3. The standard InChI is InChI=1S/C27H23ClN2OS/c28-23-13-17-26(18-14-23)32-27(29-24-9-5-2-6-10-24)30(19-21-7-3-1-4-8-21)20-22-11-15-25(31)16-12-22/h1-18,31H,19-20H2. The molecule has 0 aliphatic carbocycles. The molecule has 4 aromatic rings. The number of aromatic hydroxyl groups is 1. The molecule has 0 radical (unpaired) electrons. The second kappa shape index (κ2) is 10.9. The average Bonchev–Trinajstić information content (AvgIpc) is 2.82. The molecule has 0 fully saturated rings. The Morgan fingerprint density at radius 2 is 1.28 bits per heavy atom. The lowest BCUT2D eigenvalue weighted by molar-refractivity contribution is 0.414. The summed E-state index contributed by atoms with van der Waals surface area (Å²) in [5.41, 5.74) is 3.19. The van der Waals surface area contributed by atoms with Crippen molar-refractivity contribution in [3.05, 3.63) is 125 Å². The van der Waals surface area contributed by atoms with Gasteiger partial charge in [0.25, 0.3) is 0 Å². The van der Waals surface area contributed by atoms with E-state index in [4.69, 9.17) is 16.6 Å². The smallest absolute Gasteiger partial charge is 0.169 e. The van der Waals surface area contributed by atoms with Crippen LogP contribution in [0.3, 0.4) is 0 Å². The summed E-state index contributed by atoms with van der Waals surface area (Å²) in [6, 6.07) is 35.5. The number of halogens is 1. The summed E-state index contributed by atoms with van der Waals surface area (Å²) >= 11 is 7.71. The van der Waals surface area contributed by atoms with E-state index in [9.17, 15) is 5.11 Å². The van der Waals surface area contributed by atoms with E-state index < -0.39 is 0 Å². The molecular formula is C27H23ClN2OS. The zero-order valence-corrected chi connectivity index (χ0v) is 19.0. The summed E-state index contributed by atoms with van der Waals surface area (Å²) in [4.78, 5) is 8.33. The Labute approximate surface area is 198 Å². The normalized spacial score (nSPS) is 11.3. The van der Waals surface area contributed by atoms with Gasteiger partial charge in [-0.25, -0.2) is 4.99 Å². The lowest BCUT2D eigenvalue weighted by atomic mass is 10.2. The quantitative estimate of drug-likeness (QED) is 0.184. The molecule has 160 valence electrons. The van der Waals surface area contributed by atoms with Gasteiger partial charge in [-0.1, -0.05) is 84.0 Å². The van der Waals surface area contributed by atoms with E-state index in [2.05, 4.69) is 29.2 Å². The van der Waals surface area contributed by atoms with E-state index in [0.717, 1.165) is 21.3 Å². The van der Waals surface area contributed by atoms with Gasteiger partial charge in [0.1, 0.15) is 5.75 Å². The van der Waals surface area contributed by atoms with Crippen LogP contribution < -0.4 is 0 Å². The molecule has 3 nitrogen and oxygen atoms in total. The van der Waals surface area contributed by atoms with Crippen molar-refractivity contribution in [1.29, 1.82) is 0 Å². The Morgan fingerprint density at radius 1 is 0.719 bits per heavy atom. The average molecular weight is 459 g/mol. The Morgan fingerprint density at radius 3 is 1.91 bits per heavy atom. The number of para-hydroxylation sites is 1. The van der Waals surface area contributed by atoms with Crippen LogP contribution in [0.15, 0.2) is 119 Å². The molecule has 5 heteroatoms. The van der Waals surface area contributed by atoms with Crippen LogP contribution >= 0.6 is 23.4 Å². The van der Waals surface area contributed by atoms with Crippen LogP contribution in [-0.2, 0) is 13.1 Å². The first-order valence-electron chi connectivity index (χ1n) is 10.3. The predicted octanol–water partition coefficient (Wildman–Crippen LogP) is 7.53. The Kier molecular flexibility index (Phi) is 7.49. The minimum absolute atomic E-state index is 0.261. The fraction of sp³-hybridized carbons (Fsp3) is 0.0741. The summed E-state index contributed by atoms with van der Waals surface area (Å²) in [5, 5.41) is 11.3. The molecule has 4 aromatic carbocycles. The minimum atomic E-state index is 0.261. The maximum absolute atomic E-state index is 9.70. The van der Waals surface area contributed by atoms with Crippen molar-refractivity contribution in [3.8, 4) is 5.75 Å². The van der Waals surface area contributed by atoms with E-state index in [1.165, 1.54) is 5.56 Å². The molecule has 1 N–H and O–H groups in total. The molecule has 0 spiro atoms. The highest BCUT2D eigenvalue weighted by atomic mass is 35.5. The lowest BCUT2D eigenvalue weighted by Gasteiger charge is -2.26. The zero-order chi connectivity index (χ0) is 22.2. The van der Waals surface area contributed by atoms with E-state index >= 15 is 0 Å². The highest BCUT2D eigenvalue weighted by Gasteiger charge is 2.16. The van der Waals surface area contributed by atoms with Gasteiger partial charge < -0.3 is 10.0 Å². The van der Waals surface area contributed by atoms with Crippen LogP contribution in [0.1, 0.15) is 11.1 Å². The minimum Gasteiger partial charge on any atom is -0.508 e. The van der Waals surface area contributed by atoms with Crippen molar-refractivity contribution in [2.45, 2.75) is 18.0 Å². The molecule has 0 atom stereocenters. The van der Waals surface area contributed by atoms with Crippen LogP contribution in [-0.4, -0.2) is 15.2 Å². The first-order chi connectivity index (χ1) is 15.7. The fourth-order valence-electron chi connectivity index (χ4n) is 3.20. The molecule has 0 aliphatic heterocycles. The third kappa shape index (κ3) is 6.39. The molecule has 4 rings (SSSR count). The molecular weight excluding hydrogens is 436 g/mol. The van der Waals surface area contributed by atoms with Crippen molar-refractivity contribution in [1.82, 2.24) is 4.90 Å². The zero-order valence-electron chi connectivity index (χ0n) is 17.4. The highest BCUT2D eigenvalue weighted by molar-refractivity contribution is 8.13. The summed E-state index contributed by atoms with van der Waals surface area (Å²) in [7, 11) is 0.